The highest BCUT2D eigenvalue weighted by molar-refractivity contribution is 5.95. The van der Waals surface area contributed by atoms with Crippen LogP contribution in [0, 0.1) is 11.8 Å². The highest BCUT2D eigenvalue weighted by atomic mass is 16.7. The van der Waals surface area contributed by atoms with E-state index in [9.17, 15) is 4.79 Å². The van der Waals surface area contributed by atoms with Crippen LogP contribution in [0.25, 0.3) is 0 Å². The Morgan fingerprint density at radius 3 is 2.92 bits per heavy atom. The summed E-state index contributed by atoms with van der Waals surface area (Å²) in [5.41, 5.74) is 0. The molecule has 2 aliphatic carbocycles. The first kappa shape index (κ1) is 6.80. The molecule has 3 aliphatic rings. The van der Waals surface area contributed by atoms with Crippen molar-refractivity contribution in [3.05, 3.63) is 12.2 Å². The minimum atomic E-state index is -0.515. The van der Waals surface area contributed by atoms with Gasteiger partial charge in [-0.05, 0) is 18.6 Å². The van der Waals surface area contributed by atoms with E-state index in [1.165, 1.54) is 0 Å². The van der Waals surface area contributed by atoms with Gasteiger partial charge in [-0.15, -0.1) is 0 Å². The summed E-state index contributed by atoms with van der Waals surface area (Å²) in [4.78, 5) is 11.2. The molecule has 0 radical (unpaired) electrons. The van der Waals surface area contributed by atoms with Gasteiger partial charge >= 0.3 is 0 Å². The summed E-state index contributed by atoms with van der Waals surface area (Å²) in [5.74, 6) is 0.216. The lowest BCUT2D eigenvalue weighted by Gasteiger charge is -2.25. The number of ether oxygens (including phenoxy) is 2. The number of ketones is 1. The van der Waals surface area contributed by atoms with Gasteiger partial charge in [-0.2, -0.15) is 0 Å². The number of hydrogen-bond acceptors (Lipinski definition) is 3. The van der Waals surface area contributed by atoms with E-state index in [2.05, 4.69) is 0 Å². The minimum absolute atomic E-state index is 0.188. The van der Waals surface area contributed by atoms with Crippen LogP contribution in [0.15, 0.2) is 12.2 Å². The van der Waals surface area contributed by atoms with Crippen molar-refractivity contribution < 1.29 is 14.3 Å². The average Bonchev–Trinajstić information content (AvgIpc) is 2.77. The van der Waals surface area contributed by atoms with Crippen LogP contribution in [0.5, 0.6) is 0 Å². The van der Waals surface area contributed by atoms with E-state index < -0.39 is 5.79 Å². The molecule has 0 unspecified atom stereocenters. The molecule has 0 bridgehead atoms. The lowest BCUT2D eigenvalue weighted by molar-refractivity contribution is -0.144. The maximum atomic E-state index is 11.2. The fourth-order valence-corrected chi connectivity index (χ4v) is 2.15. The number of carbonyl (C=O) groups is 1. The zero-order valence-electron chi connectivity index (χ0n) is 6.66. The lowest BCUT2D eigenvalue weighted by Crippen LogP contribution is -2.34. The molecule has 3 nitrogen and oxygen atoms in total. The summed E-state index contributed by atoms with van der Waals surface area (Å²) < 4.78 is 11.0. The first-order chi connectivity index (χ1) is 5.82. The van der Waals surface area contributed by atoms with Gasteiger partial charge in [-0.25, -0.2) is 0 Å². The van der Waals surface area contributed by atoms with Crippen LogP contribution < -0.4 is 0 Å². The molecule has 1 spiro atoms. The van der Waals surface area contributed by atoms with E-state index >= 15 is 0 Å². The van der Waals surface area contributed by atoms with Crippen molar-refractivity contribution in [1.82, 2.24) is 0 Å². The van der Waals surface area contributed by atoms with Gasteiger partial charge in [0.25, 0.3) is 0 Å². The maximum absolute atomic E-state index is 11.2. The summed E-state index contributed by atoms with van der Waals surface area (Å²) in [7, 11) is 0. The Kier molecular flexibility index (Phi) is 1.12. The largest absolute Gasteiger partial charge is 0.344 e. The number of hydrogen-bond donors (Lipinski definition) is 0. The summed E-state index contributed by atoms with van der Waals surface area (Å²) in [5, 5.41) is 0. The summed E-state index contributed by atoms with van der Waals surface area (Å²) in [6, 6.07) is 0. The van der Waals surface area contributed by atoms with Gasteiger partial charge in [-0.3, -0.25) is 4.79 Å². The molecule has 2 atom stereocenters. The molecule has 3 heteroatoms. The highest BCUT2D eigenvalue weighted by Crippen LogP contribution is 2.53. The molecule has 1 saturated heterocycles. The molecule has 2 fully saturated rings. The van der Waals surface area contributed by atoms with Gasteiger partial charge in [0.05, 0.1) is 13.2 Å². The fraction of sp³-hybridized carbons (Fsp3) is 0.667. The van der Waals surface area contributed by atoms with Crippen molar-refractivity contribution >= 4 is 5.78 Å². The van der Waals surface area contributed by atoms with Crippen LogP contribution >= 0.6 is 0 Å². The topological polar surface area (TPSA) is 35.5 Å². The second kappa shape index (κ2) is 1.98. The van der Waals surface area contributed by atoms with Crippen LogP contribution in [0.2, 0.25) is 0 Å². The molecule has 1 saturated carbocycles. The van der Waals surface area contributed by atoms with Gasteiger partial charge < -0.3 is 9.47 Å². The van der Waals surface area contributed by atoms with E-state index in [-0.39, 0.29) is 11.7 Å². The Balaban J connectivity index is 1.97. The van der Waals surface area contributed by atoms with E-state index in [0.29, 0.717) is 19.1 Å². The summed E-state index contributed by atoms with van der Waals surface area (Å²) >= 11 is 0. The van der Waals surface area contributed by atoms with Crippen LogP contribution in [0.3, 0.4) is 0 Å². The van der Waals surface area contributed by atoms with Crippen molar-refractivity contribution in [2.75, 3.05) is 13.2 Å². The normalized spacial score (nSPS) is 41.8. The summed E-state index contributed by atoms with van der Waals surface area (Å²) in [6.45, 7) is 1.31. The zero-order valence-corrected chi connectivity index (χ0v) is 6.66. The standard InChI is InChI=1S/C9H10O3/c10-8-1-2-9(7-5-6(7)8)11-3-4-12-9/h1-2,6-7H,3-5H2/t6-,7+/m0/s1. The first-order valence-corrected chi connectivity index (χ1v) is 4.33. The highest BCUT2D eigenvalue weighted by Gasteiger charge is 2.59. The van der Waals surface area contributed by atoms with Crippen molar-refractivity contribution in [3.8, 4) is 0 Å². The smallest absolute Gasteiger partial charge is 0.191 e. The number of allylic oxidation sites excluding steroid dienone is 1. The van der Waals surface area contributed by atoms with Crippen LogP contribution in [-0.2, 0) is 14.3 Å². The molecule has 3 rings (SSSR count). The van der Waals surface area contributed by atoms with Gasteiger partial charge in [-0.1, -0.05) is 0 Å². The maximum Gasteiger partial charge on any atom is 0.191 e. The second-order valence-electron chi connectivity index (χ2n) is 3.60. The summed E-state index contributed by atoms with van der Waals surface area (Å²) in [6.07, 6.45) is 4.34. The monoisotopic (exact) mass is 166 g/mol. The van der Waals surface area contributed by atoms with Crippen LogP contribution in [0.1, 0.15) is 6.42 Å². The van der Waals surface area contributed by atoms with Crippen molar-refractivity contribution in [3.63, 3.8) is 0 Å². The predicted molar refractivity (Wildman–Crippen MR) is 40.4 cm³/mol. The molecule has 0 N–H and O–H groups in total. The first-order valence-electron chi connectivity index (χ1n) is 4.33. The number of fused-ring (bicyclic) bond motifs is 2. The van der Waals surface area contributed by atoms with Gasteiger partial charge in [0.2, 0.25) is 0 Å². The SMILES string of the molecule is O=C1C=CC2(OCCO2)[C@@H]2C[C@H]12. The molecule has 0 aromatic carbocycles. The third kappa shape index (κ3) is 0.704. The quantitative estimate of drug-likeness (QED) is 0.525. The van der Waals surface area contributed by atoms with Gasteiger partial charge in [0.15, 0.2) is 11.6 Å². The predicted octanol–water partition coefficient (Wildman–Crippen LogP) is 0.504. The molecular weight excluding hydrogens is 156 g/mol. The third-order valence-corrected chi connectivity index (χ3v) is 2.89. The lowest BCUT2D eigenvalue weighted by atomic mass is 10.0. The average molecular weight is 166 g/mol. The molecule has 12 heavy (non-hydrogen) atoms. The molecule has 1 aliphatic heterocycles. The van der Waals surface area contributed by atoms with E-state index in [4.69, 9.17) is 9.47 Å². The van der Waals surface area contributed by atoms with E-state index in [1.807, 2.05) is 0 Å². The minimum Gasteiger partial charge on any atom is -0.344 e. The molecule has 1 heterocycles. The molecular formula is C9H10O3. The zero-order chi connectivity index (χ0) is 8.18. The Labute approximate surface area is 70.3 Å². The van der Waals surface area contributed by atoms with Crippen molar-refractivity contribution in [2.45, 2.75) is 12.2 Å². The molecule has 0 amide bonds. The van der Waals surface area contributed by atoms with Crippen molar-refractivity contribution in [2.24, 2.45) is 11.8 Å². The Morgan fingerprint density at radius 1 is 1.42 bits per heavy atom. The Bertz CT molecular complexity index is 263. The third-order valence-electron chi connectivity index (χ3n) is 2.89. The molecule has 64 valence electrons. The van der Waals surface area contributed by atoms with Crippen molar-refractivity contribution in [1.29, 1.82) is 0 Å². The van der Waals surface area contributed by atoms with Gasteiger partial charge in [0.1, 0.15) is 0 Å². The molecule has 0 aromatic heterocycles. The molecule has 0 aromatic rings. The van der Waals surface area contributed by atoms with E-state index in [1.54, 1.807) is 12.2 Å². The second-order valence-corrected chi connectivity index (χ2v) is 3.60. The Morgan fingerprint density at radius 2 is 2.17 bits per heavy atom. The van der Waals surface area contributed by atoms with Crippen LogP contribution in [0.4, 0.5) is 0 Å². The number of rotatable bonds is 0. The van der Waals surface area contributed by atoms with E-state index in [0.717, 1.165) is 6.42 Å². The fourth-order valence-electron chi connectivity index (χ4n) is 2.15. The number of carbonyl (C=O) groups excluding carboxylic acids is 1. The Hall–Kier alpha value is -0.670. The van der Waals surface area contributed by atoms with Crippen LogP contribution in [-0.4, -0.2) is 24.8 Å². The van der Waals surface area contributed by atoms with Gasteiger partial charge in [0, 0.05) is 11.8 Å².